The lowest BCUT2D eigenvalue weighted by Gasteiger charge is -2.24. The average molecular weight is 539 g/mol. The number of aryl methyl sites for hydroxylation is 1. The van der Waals surface area contributed by atoms with E-state index in [1.165, 1.54) is 0 Å². The number of rotatable bonds is 9. The molecule has 0 unspecified atom stereocenters. The Kier molecular flexibility index (Phi) is 7.72. The summed E-state index contributed by atoms with van der Waals surface area (Å²) < 4.78 is 18.2. The second-order valence-corrected chi connectivity index (χ2v) is 10.6. The first-order chi connectivity index (χ1) is 18.4. The zero-order valence-corrected chi connectivity index (χ0v) is 22.9. The van der Waals surface area contributed by atoms with Gasteiger partial charge in [-0.1, -0.05) is 6.07 Å². The number of ether oxygens (including phenoxy) is 2. The summed E-state index contributed by atoms with van der Waals surface area (Å²) in [7, 11) is 0. The maximum absolute atomic E-state index is 12.6. The minimum atomic E-state index is -1.35. The zero-order valence-electron chi connectivity index (χ0n) is 22.9. The monoisotopic (exact) mass is 538 g/mol. The molecular weight excluding hydrogens is 504 g/mol. The molecule has 1 amide bonds. The molecule has 39 heavy (non-hydrogen) atoms. The number of pyridine rings is 2. The lowest BCUT2D eigenvalue weighted by atomic mass is 10.0. The number of anilines is 1. The summed E-state index contributed by atoms with van der Waals surface area (Å²) in [5.74, 6) is 0.770. The number of carbonyl (C=O) groups is 1. The molecule has 0 spiro atoms. The van der Waals surface area contributed by atoms with Gasteiger partial charge < -0.3 is 30.2 Å². The number of hydrogen-bond donors (Lipinski definition) is 3. The van der Waals surface area contributed by atoms with Crippen LogP contribution < -0.4 is 15.8 Å². The van der Waals surface area contributed by atoms with Gasteiger partial charge in [-0.25, -0.2) is 19.4 Å². The van der Waals surface area contributed by atoms with Crippen molar-refractivity contribution in [2.45, 2.75) is 71.8 Å². The number of nitrogens with zero attached hydrogens (tertiary/aromatic N) is 6. The number of nitrogen functional groups attached to an aromatic ring is 1. The fraction of sp³-hybridized carbons (Fsp3) is 0.462. The molecule has 1 atom stereocenters. The van der Waals surface area contributed by atoms with Crippen LogP contribution in [-0.2, 0) is 23.3 Å². The van der Waals surface area contributed by atoms with Gasteiger partial charge in [0.05, 0.1) is 11.6 Å². The van der Waals surface area contributed by atoms with Gasteiger partial charge in [0.2, 0.25) is 5.88 Å². The predicted octanol–water partition coefficient (Wildman–Crippen LogP) is 3.22. The Balaban J connectivity index is 1.68. The molecule has 4 aromatic rings. The van der Waals surface area contributed by atoms with E-state index in [0.717, 1.165) is 5.56 Å². The summed E-state index contributed by atoms with van der Waals surface area (Å²) in [6.07, 6.45) is 3.30. The van der Waals surface area contributed by atoms with Gasteiger partial charge in [0.1, 0.15) is 29.0 Å². The molecular formula is C26H34N8O5. The summed E-state index contributed by atoms with van der Waals surface area (Å²) in [4.78, 5) is 26.0. The van der Waals surface area contributed by atoms with Crippen molar-refractivity contribution < 1.29 is 24.0 Å². The molecule has 0 aromatic carbocycles. The lowest BCUT2D eigenvalue weighted by molar-refractivity contribution is 0.0486. The fourth-order valence-corrected chi connectivity index (χ4v) is 4.07. The number of aliphatic hydroxyl groups is 1. The second-order valence-electron chi connectivity index (χ2n) is 10.6. The minimum absolute atomic E-state index is 0.0746. The normalized spacial score (nSPS) is 12.9. The van der Waals surface area contributed by atoms with E-state index in [9.17, 15) is 9.90 Å². The van der Waals surface area contributed by atoms with Crippen molar-refractivity contribution in [2.24, 2.45) is 0 Å². The summed E-state index contributed by atoms with van der Waals surface area (Å²) in [5.41, 5.74) is 6.56. The van der Waals surface area contributed by atoms with Crippen LogP contribution in [0.1, 0.15) is 52.8 Å². The Morgan fingerprint density at radius 3 is 2.59 bits per heavy atom. The molecule has 0 radical (unpaired) electrons. The predicted molar refractivity (Wildman–Crippen MR) is 143 cm³/mol. The Morgan fingerprint density at radius 1 is 1.23 bits per heavy atom. The highest BCUT2D eigenvalue weighted by atomic mass is 16.6. The van der Waals surface area contributed by atoms with E-state index in [4.69, 9.17) is 19.8 Å². The van der Waals surface area contributed by atoms with Gasteiger partial charge in [0, 0.05) is 25.0 Å². The summed E-state index contributed by atoms with van der Waals surface area (Å²) in [6, 6.07) is 5.01. The number of hydrogen-bond acceptors (Lipinski definition) is 11. The molecule has 0 aliphatic rings. The zero-order chi connectivity index (χ0) is 28.4. The number of fused-ring (bicyclic) bond motifs is 1. The van der Waals surface area contributed by atoms with Crippen molar-refractivity contribution in [1.29, 1.82) is 0 Å². The SMILES string of the molecule is CCn1c(-c2nonc2N)nc2c(C(C)(C)O)nc(OC[C@H](Cc3cccnc3)NC(=O)OC(C)(C)C)cc21. The summed E-state index contributed by atoms with van der Waals surface area (Å²) in [6.45, 7) is 11.1. The van der Waals surface area contributed by atoms with Crippen LogP contribution in [0.25, 0.3) is 22.6 Å². The van der Waals surface area contributed by atoms with E-state index in [2.05, 4.69) is 30.6 Å². The Morgan fingerprint density at radius 2 is 2.00 bits per heavy atom. The molecule has 4 heterocycles. The van der Waals surface area contributed by atoms with Crippen molar-refractivity contribution in [2.75, 3.05) is 12.3 Å². The molecule has 0 aliphatic heterocycles. The Labute approximate surface area is 225 Å². The van der Waals surface area contributed by atoms with Crippen LogP contribution in [0.4, 0.5) is 10.6 Å². The second kappa shape index (κ2) is 10.8. The standard InChI is InChI=1S/C26H34N8O5/c1-7-34-17-12-18(30-21(26(5,6)36)19(17)31-23(34)20-22(27)33-39-32-20)37-14-16(11-15-9-8-10-28-13-15)29-24(35)38-25(2,3)4/h8-10,12-13,16,36H,7,11,14H2,1-6H3,(H2,27,33)(H,29,35)/t16-/m0/s1. The van der Waals surface area contributed by atoms with E-state index in [0.29, 0.717) is 35.5 Å². The van der Waals surface area contributed by atoms with E-state index >= 15 is 0 Å². The molecule has 208 valence electrons. The molecule has 0 saturated carbocycles. The molecule has 4 aromatic heterocycles. The first-order valence-corrected chi connectivity index (χ1v) is 12.6. The van der Waals surface area contributed by atoms with Gasteiger partial charge in [0.25, 0.3) is 0 Å². The maximum Gasteiger partial charge on any atom is 0.408 e. The van der Waals surface area contributed by atoms with Crippen LogP contribution in [0, 0.1) is 0 Å². The molecule has 0 saturated heterocycles. The van der Waals surface area contributed by atoms with Crippen molar-refractivity contribution >= 4 is 22.9 Å². The Hall–Kier alpha value is -4.26. The maximum atomic E-state index is 12.6. The average Bonchev–Trinajstić information content (AvgIpc) is 3.43. The number of nitrogens with one attached hydrogen (secondary N) is 1. The van der Waals surface area contributed by atoms with Crippen LogP contribution in [0.3, 0.4) is 0 Å². The van der Waals surface area contributed by atoms with Crippen molar-refractivity contribution in [3.8, 4) is 17.4 Å². The first kappa shape index (κ1) is 27.8. The quantitative estimate of drug-likeness (QED) is 0.285. The summed E-state index contributed by atoms with van der Waals surface area (Å²) in [5, 5.41) is 21.4. The van der Waals surface area contributed by atoms with Gasteiger partial charge >= 0.3 is 6.09 Å². The molecule has 4 rings (SSSR count). The van der Waals surface area contributed by atoms with Crippen LogP contribution >= 0.6 is 0 Å². The third-order valence-electron chi connectivity index (χ3n) is 5.69. The topological polar surface area (TPSA) is 176 Å². The van der Waals surface area contributed by atoms with E-state index in [1.807, 2.05) is 23.6 Å². The van der Waals surface area contributed by atoms with Crippen molar-refractivity contribution in [1.82, 2.24) is 35.1 Å². The van der Waals surface area contributed by atoms with Gasteiger partial charge in [-0.2, -0.15) is 0 Å². The van der Waals surface area contributed by atoms with Crippen molar-refractivity contribution in [3.63, 3.8) is 0 Å². The van der Waals surface area contributed by atoms with Gasteiger partial charge in [0.15, 0.2) is 17.3 Å². The Bertz CT molecular complexity index is 1440. The number of nitrogens with two attached hydrogens (primary N) is 1. The minimum Gasteiger partial charge on any atom is -0.475 e. The number of aromatic nitrogens is 6. The molecule has 13 nitrogen and oxygen atoms in total. The van der Waals surface area contributed by atoms with Gasteiger partial charge in [-0.3, -0.25) is 4.98 Å². The highest BCUT2D eigenvalue weighted by Crippen LogP contribution is 2.33. The third-order valence-corrected chi connectivity index (χ3v) is 5.69. The van der Waals surface area contributed by atoms with Crippen LogP contribution in [0.15, 0.2) is 35.2 Å². The van der Waals surface area contributed by atoms with Crippen molar-refractivity contribution in [3.05, 3.63) is 41.9 Å². The van der Waals surface area contributed by atoms with Gasteiger partial charge in [-0.15, -0.1) is 0 Å². The summed E-state index contributed by atoms with van der Waals surface area (Å²) >= 11 is 0. The number of alkyl carbamates (subject to hydrolysis) is 1. The van der Waals surface area contributed by atoms with Gasteiger partial charge in [-0.05, 0) is 69.9 Å². The first-order valence-electron chi connectivity index (χ1n) is 12.6. The third kappa shape index (κ3) is 6.60. The number of amides is 1. The largest absolute Gasteiger partial charge is 0.475 e. The van der Waals surface area contributed by atoms with Crippen LogP contribution in [-0.4, -0.2) is 59.3 Å². The molecule has 13 heteroatoms. The van der Waals surface area contributed by atoms with E-state index < -0.39 is 23.3 Å². The fourth-order valence-electron chi connectivity index (χ4n) is 4.07. The number of imidazole rings is 1. The highest BCUT2D eigenvalue weighted by Gasteiger charge is 2.28. The molecule has 0 aliphatic carbocycles. The lowest BCUT2D eigenvalue weighted by Crippen LogP contribution is -2.43. The van der Waals surface area contributed by atoms with Crippen LogP contribution in [0.5, 0.6) is 5.88 Å². The molecule has 4 N–H and O–H groups in total. The molecule has 0 bridgehead atoms. The highest BCUT2D eigenvalue weighted by molar-refractivity contribution is 5.84. The number of carbonyl (C=O) groups excluding carboxylic acids is 1. The van der Waals surface area contributed by atoms with Crippen LogP contribution in [0.2, 0.25) is 0 Å². The van der Waals surface area contributed by atoms with E-state index in [1.54, 1.807) is 53.1 Å². The smallest absolute Gasteiger partial charge is 0.408 e. The van der Waals surface area contributed by atoms with E-state index in [-0.39, 0.29) is 24.0 Å². The molecule has 0 fully saturated rings.